The Morgan fingerprint density at radius 3 is 2.61 bits per heavy atom. The van der Waals surface area contributed by atoms with Crippen molar-refractivity contribution in [3.63, 3.8) is 0 Å². The summed E-state index contributed by atoms with van der Waals surface area (Å²) in [6, 6.07) is 0. The number of alkyl halides is 3. The molecule has 106 valence electrons. The van der Waals surface area contributed by atoms with Crippen LogP contribution < -0.4 is 5.73 Å². The van der Waals surface area contributed by atoms with Gasteiger partial charge >= 0.3 is 6.18 Å². The summed E-state index contributed by atoms with van der Waals surface area (Å²) < 4.78 is 43.7. The summed E-state index contributed by atoms with van der Waals surface area (Å²) in [5.74, 6) is -1.21. The van der Waals surface area contributed by atoms with Crippen molar-refractivity contribution in [2.45, 2.75) is 69.2 Å². The monoisotopic (exact) mass is 265 g/mol. The average molecular weight is 265 g/mol. The van der Waals surface area contributed by atoms with Crippen molar-refractivity contribution in [1.82, 2.24) is 0 Å². The Kier molecular flexibility index (Phi) is 4.22. The van der Waals surface area contributed by atoms with E-state index in [0.717, 1.165) is 25.9 Å². The lowest BCUT2D eigenvalue weighted by Crippen LogP contribution is -2.47. The largest absolute Gasteiger partial charge is 0.391 e. The summed E-state index contributed by atoms with van der Waals surface area (Å²) >= 11 is 0. The molecule has 2 nitrogen and oxygen atoms in total. The van der Waals surface area contributed by atoms with Gasteiger partial charge in [0.1, 0.15) is 0 Å². The Bertz CT molecular complexity index is 276. The molecule has 3 unspecified atom stereocenters. The van der Waals surface area contributed by atoms with Crippen molar-refractivity contribution >= 4 is 0 Å². The minimum atomic E-state index is -4.09. The summed E-state index contributed by atoms with van der Waals surface area (Å²) in [6.07, 6.45) is 1.31. The van der Waals surface area contributed by atoms with Crippen LogP contribution in [-0.4, -0.2) is 24.4 Å². The molecule has 0 aromatic carbocycles. The van der Waals surface area contributed by atoms with E-state index in [9.17, 15) is 13.2 Å². The molecule has 2 fully saturated rings. The van der Waals surface area contributed by atoms with Gasteiger partial charge in [-0.15, -0.1) is 0 Å². The molecule has 1 saturated carbocycles. The predicted molar refractivity (Wildman–Crippen MR) is 63.1 cm³/mol. The van der Waals surface area contributed by atoms with E-state index < -0.39 is 17.6 Å². The molecule has 2 rings (SSSR count). The Morgan fingerprint density at radius 2 is 2.00 bits per heavy atom. The van der Waals surface area contributed by atoms with E-state index in [0.29, 0.717) is 19.3 Å². The molecular weight excluding hydrogens is 243 g/mol. The summed E-state index contributed by atoms with van der Waals surface area (Å²) in [7, 11) is 0. The summed E-state index contributed by atoms with van der Waals surface area (Å²) in [6.45, 7) is 0.785. The Hall–Kier alpha value is -0.290. The highest BCUT2D eigenvalue weighted by Gasteiger charge is 2.46. The third-order valence-electron chi connectivity index (χ3n) is 4.33. The Labute approximate surface area is 106 Å². The minimum Gasteiger partial charge on any atom is -0.378 e. The number of halogens is 3. The van der Waals surface area contributed by atoms with Crippen molar-refractivity contribution in [1.29, 1.82) is 0 Å². The first-order valence-corrected chi connectivity index (χ1v) is 6.86. The van der Waals surface area contributed by atoms with Gasteiger partial charge < -0.3 is 10.5 Å². The van der Waals surface area contributed by atoms with Crippen molar-refractivity contribution < 1.29 is 17.9 Å². The molecular formula is C13H22F3NO. The molecule has 18 heavy (non-hydrogen) atoms. The van der Waals surface area contributed by atoms with Crippen molar-refractivity contribution in [3.8, 4) is 0 Å². The van der Waals surface area contributed by atoms with Crippen LogP contribution in [0.2, 0.25) is 0 Å². The van der Waals surface area contributed by atoms with Crippen molar-refractivity contribution in [3.05, 3.63) is 0 Å². The Balaban J connectivity index is 1.85. The zero-order valence-electron chi connectivity index (χ0n) is 10.6. The van der Waals surface area contributed by atoms with Gasteiger partial charge in [-0.2, -0.15) is 13.2 Å². The van der Waals surface area contributed by atoms with Gasteiger partial charge in [0.15, 0.2) is 0 Å². The van der Waals surface area contributed by atoms with Crippen LogP contribution in [0.3, 0.4) is 0 Å². The lowest BCUT2D eigenvalue weighted by atomic mass is 9.73. The molecule has 2 aliphatic rings. The highest BCUT2D eigenvalue weighted by atomic mass is 19.4. The smallest absolute Gasteiger partial charge is 0.378 e. The number of hydrogen-bond donors (Lipinski definition) is 1. The zero-order valence-corrected chi connectivity index (χ0v) is 10.6. The molecule has 0 aromatic heterocycles. The molecule has 1 aliphatic carbocycles. The fourth-order valence-electron chi connectivity index (χ4n) is 3.22. The van der Waals surface area contributed by atoms with E-state index in [1.165, 1.54) is 0 Å². The van der Waals surface area contributed by atoms with Crippen LogP contribution in [0.5, 0.6) is 0 Å². The number of hydrogen-bond acceptors (Lipinski definition) is 2. The molecule has 0 amide bonds. The average Bonchev–Trinajstić information content (AvgIpc) is 2.78. The van der Waals surface area contributed by atoms with Crippen molar-refractivity contribution in [2.24, 2.45) is 11.7 Å². The molecule has 3 atom stereocenters. The van der Waals surface area contributed by atoms with E-state index in [-0.39, 0.29) is 18.9 Å². The van der Waals surface area contributed by atoms with Gasteiger partial charge in [-0.3, -0.25) is 0 Å². The molecule has 1 saturated heterocycles. The van der Waals surface area contributed by atoms with Crippen LogP contribution in [0.15, 0.2) is 0 Å². The third kappa shape index (κ3) is 3.60. The maximum absolute atomic E-state index is 12.7. The van der Waals surface area contributed by atoms with Gasteiger partial charge in [-0.1, -0.05) is 6.42 Å². The van der Waals surface area contributed by atoms with Crippen LogP contribution in [0.4, 0.5) is 13.2 Å². The number of ether oxygens (including phenoxy) is 1. The molecule has 0 spiro atoms. The first-order valence-electron chi connectivity index (χ1n) is 6.86. The second-order valence-corrected chi connectivity index (χ2v) is 5.87. The fourth-order valence-corrected chi connectivity index (χ4v) is 3.22. The van der Waals surface area contributed by atoms with E-state index >= 15 is 0 Å². The lowest BCUT2D eigenvalue weighted by molar-refractivity contribution is -0.187. The number of nitrogens with two attached hydrogens (primary N) is 1. The second kappa shape index (κ2) is 5.37. The van der Waals surface area contributed by atoms with Crippen LogP contribution in [0.1, 0.15) is 51.4 Å². The van der Waals surface area contributed by atoms with Gasteiger partial charge in [-0.05, 0) is 44.9 Å². The van der Waals surface area contributed by atoms with E-state index in [1.807, 2.05) is 0 Å². The SMILES string of the molecule is NC1(CCC2CCCO2)CCCC(C(F)(F)F)C1. The number of rotatable bonds is 3. The topological polar surface area (TPSA) is 35.2 Å². The third-order valence-corrected chi connectivity index (χ3v) is 4.33. The zero-order chi connectivity index (χ0) is 13.2. The van der Waals surface area contributed by atoms with Gasteiger partial charge in [0.25, 0.3) is 0 Å². The highest BCUT2D eigenvalue weighted by Crippen LogP contribution is 2.42. The van der Waals surface area contributed by atoms with E-state index in [1.54, 1.807) is 0 Å². The summed E-state index contributed by atoms with van der Waals surface area (Å²) in [5.41, 5.74) is 5.53. The van der Waals surface area contributed by atoms with Gasteiger partial charge in [0.2, 0.25) is 0 Å². The highest BCUT2D eigenvalue weighted by molar-refractivity contribution is 4.93. The molecule has 0 radical (unpaired) electrons. The Morgan fingerprint density at radius 1 is 1.22 bits per heavy atom. The first kappa shape index (κ1) is 14.1. The molecule has 2 N–H and O–H groups in total. The lowest BCUT2D eigenvalue weighted by Gasteiger charge is -2.39. The van der Waals surface area contributed by atoms with Crippen LogP contribution in [-0.2, 0) is 4.74 Å². The maximum Gasteiger partial charge on any atom is 0.391 e. The standard InChI is InChI=1S/C13H22F3NO/c14-13(15,16)10-3-1-6-12(17,9-10)7-5-11-4-2-8-18-11/h10-11H,1-9,17H2. The van der Waals surface area contributed by atoms with Gasteiger partial charge in [0, 0.05) is 12.1 Å². The summed E-state index contributed by atoms with van der Waals surface area (Å²) in [5, 5.41) is 0. The first-order chi connectivity index (χ1) is 8.39. The second-order valence-electron chi connectivity index (χ2n) is 5.87. The predicted octanol–water partition coefficient (Wildman–Crippen LogP) is 3.40. The normalized spacial score (nSPS) is 38.0. The van der Waals surface area contributed by atoms with Crippen molar-refractivity contribution in [2.75, 3.05) is 6.61 Å². The minimum absolute atomic E-state index is 0.0865. The maximum atomic E-state index is 12.7. The molecule has 5 heteroatoms. The quantitative estimate of drug-likeness (QED) is 0.849. The molecule has 0 aromatic rings. The molecule has 1 aliphatic heterocycles. The summed E-state index contributed by atoms with van der Waals surface area (Å²) in [4.78, 5) is 0. The van der Waals surface area contributed by atoms with E-state index in [4.69, 9.17) is 10.5 Å². The van der Waals surface area contributed by atoms with Gasteiger partial charge in [-0.25, -0.2) is 0 Å². The molecule has 0 bridgehead atoms. The van der Waals surface area contributed by atoms with E-state index in [2.05, 4.69) is 0 Å². The fraction of sp³-hybridized carbons (Fsp3) is 1.00. The molecule has 1 heterocycles. The van der Waals surface area contributed by atoms with Crippen LogP contribution in [0.25, 0.3) is 0 Å². The van der Waals surface area contributed by atoms with Crippen LogP contribution >= 0.6 is 0 Å². The van der Waals surface area contributed by atoms with Gasteiger partial charge in [0.05, 0.1) is 12.0 Å². The van der Waals surface area contributed by atoms with Crippen LogP contribution in [0, 0.1) is 5.92 Å².